The Hall–Kier alpha value is -3.65. The highest BCUT2D eigenvalue weighted by Crippen LogP contribution is 2.28. The van der Waals surface area contributed by atoms with E-state index in [-0.39, 0.29) is 17.9 Å². The van der Waals surface area contributed by atoms with E-state index in [0.717, 1.165) is 17.3 Å². The van der Waals surface area contributed by atoms with Gasteiger partial charge in [0.25, 0.3) is 5.91 Å². The van der Waals surface area contributed by atoms with E-state index < -0.39 is 24.2 Å². The van der Waals surface area contributed by atoms with Crippen molar-refractivity contribution in [2.24, 2.45) is 0 Å². The molecule has 0 saturated heterocycles. The molecule has 2 aromatic carbocycles. The van der Waals surface area contributed by atoms with Gasteiger partial charge in [-0.25, -0.2) is 9.78 Å². The Kier molecular flexibility index (Phi) is 6.25. The first-order valence-corrected chi connectivity index (χ1v) is 9.49. The lowest BCUT2D eigenvalue weighted by Gasteiger charge is -2.18. The molecule has 0 spiro atoms. The first-order chi connectivity index (χ1) is 14.0. The highest BCUT2D eigenvalue weighted by atomic mass is 32.1. The van der Waals surface area contributed by atoms with Gasteiger partial charge in [-0.2, -0.15) is 0 Å². The smallest absolute Gasteiger partial charge is 0.342 e. The molecule has 29 heavy (non-hydrogen) atoms. The van der Waals surface area contributed by atoms with Crippen LogP contribution in [-0.4, -0.2) is 40.2 Å². The van der Waals surface area contributed by atoms with Gasteiger partial charge >= 0.3 is 5.97 Å². The minimum Gasteiger partial charge on any atom is -0.508 e. The van der Waals surface area contributed by atoms with E-state index in [4.69, 9.17) is 4.74 Å². The summed E-state index contributed by atoms with van der Waals surface area (Å²) >= 11 is 1.29. The Morgan fingerprint density at radius 3 is 2.62 bits per heavy atom. The van der Waals surface area contributed by atoms with Gasteiger partial charge in [-0.05, 0) is 12.1 Å². The van der Waals surface area contributed by atoms with Crippen molar-refractivity contribution < 1.29 is 24.5 Å². The predicted octanol–water partition coefficient (Wildman–Crippen LogP) is 3.60. The first kappa shape index (κ1) is 20.1. The van der Waals surface area contributed by atoms with E-state index in [0.29, 0.717) is 5.13 Å². The Bertz CT molecular complexity index is 1030. The second-order valence-corrected chi connectivity index (χ2v) is 6.79. The standard InChI is InChI=1S/C21H18N2O5S/c1-2-10-23(21-22-17(13-29-21)14-6-4-3-5-7-14)19(26)12-28-20(27)16-9-8-15(24)11-18(16)25/h2-9,11,13,24-25H,1,10,12H2. The highest BCUT2D eigenvalue weighted by molar-refractivity contribution is 7.14. The number of rotatable bonds is 7. The quantitative estimate of drug-likeness (QED) is 0.456. The second kappa shape index (κ2) is 9.03. The molecule has 1 heterocycles. The van der Waals surface area contributed by atoms with E-state index in [1.807, 2.05) is 35.7 Å². The van der Waals surface area contributed by atoms with Crippen molar-refractivity contribution in [3.63, 3.8) is 0 Å². The van der Waals surface area contributed by atoms with Crippen molar-refractivity contribution in [2.45, 2.75) is 0 Å². The molecule has 1 amide bonds. The fourth-order valence-corrected chi connectivity index (χ4v) is 3.38. The minimum absolute atomic E-state index is 0.147. The van der Waals surface area contributed by atoms with Crippen LogP contribution in [0.5, 0.6) is 11.5 Å². The number of carbonyl (C=O) groups is 2. The summed E-state index contributed by atoms with van der Waals surface area (Å²) in [4.78, 5) is 30.6. The third-order valence-corrected chi connectivity index (χ3v) is 4.80. The molecule has 7 nitrogen and oxygen atoms in total. The number of thiazole rings is 1. The zero-order valence-corrected chi connectivity index (χ0v) is 16.1. The second-order valence-electron chi connectivity index (χ2n) is 5.95. The number of nitrogens with zero attached hydrogens (tertiary/aromatic N) is 2. The van der Waals surface area contributed by atoms with Crippen LogP contribution < -0.4 is 4.90 Å². The van der Waals surface area contributed by atoms with Crippen LogP contribution in [0.2, 0.25) is 0 Å². The third kappa shape index (κ3) is 4.80. The number of aromatic nitrogens is 1. The number of carbonyl (C=O) groups excluding carboxylic acids is 2. The first-order valence-electron chi connectivity index (χ1n) is 8.61. The molecule has 0 unspecified atom stereocenters. The molecule has 0 aliphatic heterocycles. The molecule has 1 aromatic heterocycles. The van der Waals surface area contributed by atoms with E-state index >= 15 is 0 Å². The molecule has 0 saturated carbocycles. The lowest BCUT2D eigenvalue weighted by molar-refractivity contribution is -0.121. The lowest BCUT2D eigenvalue weighted by Crippen LogP contribution is -2.34. The van der Waals surface area contributed by atoms with Gasteiger partial charge in [-0.1, -0.05) is 36.4 Å². The normalized spacial score (nSPS) is 10.3. The number of phenols is 2. The molecule has 148 valence electrons. The van der Waals surface area contributed by atoms with Gasteiger partial charge in [0.1, 0.15) is 17.1 Å². The van der Waals surface area contributed by atoms with Gasteiger partial charge in [0, 0.05) is 23.6 Å². The Labute approximate surface area is 171 Å². The maximum atomic E-state index is 12.6. The summed E-state index contributed by atoms with van der Waals surface area (Å²) in [6.45, 7) is 3.32. The Morgan fingerprint density at radius 2 is 1.93 bits per heavy atom. The van der Waals surface area contributed by atoms with Crippen molar-refractivity contribution in [3.05, 3.63) is 72.1 Å². The Balaban J connectivity index is 1.71. The van der Waals surface area contributed by atoms with Crippen molar-refractivity contribution >= 4 is 28.3 Å². The number of esters is 1. The number of hydrogen-bond acceptors (Lipinski definition) is 7. The fourth-order valence-electron chi connectivity index (χ4n) is 2.52. The van der Waals surface area contributed by atoms with Crippen molar-refractivity contribution in [1.29, 1.82) is 0 Å². The molecule has 0 fully saturated rings. The van der Waals surface area contributed by atoms with Crippen LogP contribution in [0.25, 0.3) is 11.3 Å². The predicted molar refractivity (Wildman–Crippen MR) is 110 cm³/mol. The van der Waals surface area contributed by atoms with E-state index in [1.165, 1.54) is 28.4 Å². The number of amides is 1. The summed E-state index contributed by atoms with van der Waals surface area (Å²) < 4.78 is 5.02. The topological polar surface area (TPSA) is 100.0 Å². The summed E-state index contributed by atoms with van der Waals surface area (Å²) in [5.41, 5.74) is 1.51. The van der Waals surface area contributed by atoms with E-state index in [2.05, 4.69) is 11.6 Å². The maximum absolute atomic E-state index is 12.6. The molecular weight excluding hydrogens is 392 g/mol. The van der Waals surface area contributed by atoms with Gasteiger partial charge in [0.15, 0.2) is 11.7 Å². The van der Waals surface area contributed by atoms with E-state index in [9.17, 15) is 19.8 Å². The molecule has 8 heteroatoms. The monoisotopic (exact) mass is 410 g/mol. The third-order valence-electron chi connectivity index (χ3n) is 3.93. The van der Waals surface area contributed by atoms with Crippen molar-refractivity contribution in [1.82, 2.24) is 4.98 Å². The van der Waals surface area contributed by atoms with Crippen molar-refractivity contribution in [3.8, 4) is 22.8 Å². The van der Waals surface area contributed by atoms with Crippen LogP contribution in [-0.2, 0) is 9.53 Å². The summed E-state index contributed by atoms with van der Waals surface area (Å²) in [6.07, 6.45) is 1.55. The van der Waals surface area contributed by atoms with Gasteiger partial charge in [0.05, 0.1) is 5.69 Å². The van der Waals surface area contributed by atoms with Gasteiger partial charge < -0.3 is 14.9 Å². The summed E-state index contributed by atoms with van der Waals surface area (Å²) in [6, 6.07) is 13.0. The number of aromatic hydroxyl groups is 2. The largest absolute Gasteiger partial charge is 0.508 e. The van der Waals surface area contributed by atoms with Crippen LogP contribution in [0, 0.1) is 0 Å². The Morgan fingerprint density at radius 1 is 1.17 bits per heavy atom. The molecule has 0 atom stereocenters. The summed E-state index contributed by atoms with van der Waals surface area (Å²) in [7, 11) is 0. The molecule has 0 aliphatic rings. The highest BCUT2D eigenvalue weighted by Gasteiger charge is 2.21. The van der Waals surface area contributed by atoms with E-state index in [1.54, 1.807) is 6.08 Å². The van der Waals surface area contributed by atoms with Crippen LogP contribution >= 0.6 is 11.3 Å². The number of benzene rings is 2. The average molecular weight is 410 g/mol. The van der Waals surface area contributed by atoms with Crippen LogP contribution in [0.3, 0.4) is 0 Å². The summed E-state index contributed by atoms with van der Waals surface area (Å²) in [5.74, 6) is -1.98. The number of phenolic OH excluding ortho intramolecular Hbond substituents is 2. The summed E-state index contributed by atoms with van der Waals surface area (Å²) in [5, 5.41) is 21.3. The number of ether oxygens (including phenoxy) is 1. The molecular formula is C21H18N2O5S. The maximum Gasteiger partial charge on any atom is 0.342 e. The van der Waals surface area contributed by atoms with Crippen LogP contribution in [0.15, 0.2) is 66.6 Å². The zero-order valence-electron chi connectivity index (χ0n) is 15.3. The molecule has 0 aliphatic carbocycles. The van der Waals surface area contributed by atoms with Gasteiger partial charge in [-0.3, -0.25) is 9.69 Å². The molecule has 3 aromatic rings. The number of hydrogen-bond donors (Lipinski definition) is 2. The van der Waals surface area contributed by atoms with Gasteiger partial charge in [-0.15, -0.1) is 17.9 Å². The lowest BCUT2D eigenvalue weighted by atomic mass is 10.2. The molecule has 0 bridgehead atoms. The fraction of sp³-hybridized carbons (Fsp3) is 0.0952. The molecule has 3 rings (SSSR count). The van der Waals surface area contributed by atoms with Crippen LogP contribution in [0.4, 0.5) is 5.13 Å². The SMILES string of the molecule is C=CCN(C(=O)COC(=O)c1ccc(O)cc1O)c1nc(-c2ccccc2)cs1. The zero-order chi connectivity index (χ0) is 20.8. The molecule has 2 N–H and O–H groups in total. The number of anilines is 1. The minimum atomic E-state index is -0.876. The average Bonchev–Trinajstić information content (AvgIpc) is 3.20. The van der Waals surface area contributed by atoms with Crippen molar-refractivity contribution in [2.75, 3.05) is 18.1 Å². The molecule has 0 radical (unpaired) electrons. The van der Waals surface area contributed by atoms with Crippen LogP contribution in [0.1, 0.15) is 10.4 Å². The van der Waals surface area contributed by atoms with Gasteiger partial charge in [0.2, 0.25) is 0 Å².